The number of fused-ring (bicyclic) bond motifs is 1. The molecule has 2 aromatic carbocycles. The predicted octanol–water partition coefficient (Wildman–Crippen LogP) is 4.97. The van der Waals surface area contributed by atoms with E-state index in [0.29, 0.717) is 65.5 Å². The highest BCUT2D eigenvalue weighted by Gasteiger charge is 2.23. The number of pyridine rings is 1. The minimum absolute atomic E-state index is 0.0481. The van der Waals surface area contributed by atoms with Crippen LogP contribution in [-0.4, -0.2) is 57.9 Å². The lowest BCUT2D eigenvalue weighted by molar-refractivity contribution is 0.0655. The van der Waals surface area contributed by atoms with Crippen molar-refractivity contribution in [3.05, 3.63) is 94.8 Å². The lowest BCUT2D eigenvalue weighted by atomic mass is 10.0. The Bertz CT molecular complexity index is 1870. The molecule has 3 aromatic heterocycles. The van der Waals surface area contributed by atoms with E-state index in [0.717, 1.165) is 0 Å². The Morgan fingerprint density at radius 3 is 2.39 bits per heavy atom. The standard InChI is InChI=1S/C32H28FN5O6/c1-41-28-13-23-25(14-29(28)42-2)34-10-7-27(23)44-22-16-35-30(36-17-22)15-26(39)31-32(40)24(19-3-5-20(33)6-4-19)18-38(37-31)21-8-11-43-12-9-21/h3-7,10,13-14,16-18,21H,8-9,11-12,15H2,1-2H3. The molecule has 0 unspecified atom stereocenters. The van der Waals surface area contributed by atoms with Crippen LogP contribution in [0, 0.1) is 5.82 Å². The first-order valence-electron chi connectivity index (χ1n) is 13.9. The molecule has 5 aromatic rings. The molecule has 0 aliphatic carbocycles. The third-order valence-electron chi connectivity index (χ3n) is 7.36. The molecule has 1 saturated heterocycles. The molecule has 224 valence electrons. The summed E-state index contributed by atoms with van der Waals surface area (Å²) in [5, 5.41) is 5.14. The monoisotopic (exact) mass is 597 g/mol. The average molecular weight is 598 g/mol. The fraction of sp³-hybridized carbons (Fsp3) is 0.250. The van der Waals surface area contributed by atoms with E-state index in [1.54, 1.807) is 49.5 Å². The van der Waals surface area contributed by atoms with Crippen LogP contribution in [0.5, 0.6) is 23.0 Å². The molecule has 1 aliphatic rings. The molecule has 0 radical (unpaired) electrons. The fourth-order valence-electron chi connectivity index (χ4n) is 5.04. The molecule has 11 nitrogen and oxygen atoms in total. The Hall–Kier alpha value is -5.23. The maximum atomic E-state index is 13.6. The number of halogens is 1. The van der Waals surface area contributed by atoms with Gasteiger partial charge in [0.25, 0.3) is 0 Å². The van der Waals surface area contributed by atoms with Crippen molar-refractivity contribution in [1.82, 2.24) is 24.7 Å². The van der Waals surface area contributed by atoms with Crippen LogP contribution in [-0.2, 0) is 11.2 Å². The molecule has 0 spiro atoms. The molecule has 0 saturated carbocycles. The summed E-state index contributed by atoms with van der Waals surface area (Å²) < 4.78 is 37.5. The van der Waals surface area contributed by atoms with E-state index in [9.17, 15) is 14.0 Å². The van der Waals surface area contributed by atoms with Gasteiger partial charge in [0, 0.05) is 42.6 Å². The number of carbonyl (C=O) groups is 1. The first-order chi connectivity index (χ1) is 21.4. The summed E-state index contributed by atoms with van der Waals surface area (Å²) in [5.41, 5.74) is 0.630. The number of rotatable bonds is 9. The molecule has 0 amide bonds. The highest BCUT2D eigenvalue weighted by molar-refractivity contribution is 5.96. The molecule has 12 heteroatoms. The van der Waals surface area contributed by atoms with Gasteiger partial charge in [-0.05, 0) is 42.7 Å². The minimum atomic E-state index is -0.540. The van der Waals surface area contributed by atoms with Crippen LogP contribution in [0.1, 0.15) is 35.2 Å². The third-order valence-corrected chi connectivity index (χ3v) is 7.36. The molecule has 0 atom stereocenters. The van der Waals surface area contributed by atoms with Gasteiger partial charge in [0.05, 0.1) is 44.6 Å². The lowest BCUT2D eigenvalue weighted by Gasteiger charge is -2.24. The maximum absolute atomic E-state index is 13.6. The largest absolute Gasteiger partial charge is 0.493 e. The number of ether oxygens (including phenoxy) is 4. The zero-order chi connectivity index (χ0) is 30.6. The number of ketones is 1. The lowest BCUT2D eigenvalue weighted by Crippen LogP contribution is -2.29. The van der Waals surface area contributed by atoms with Gasteiger partial charge in [-0.15, -0.1) is 0 Å². The van der Waals surface area contributed by atoms with Crippen molar-refractivity contribution in [2.45, 2.75) is 25.3 Å². The van der Waals surface area contributed by atoms with Crippen molar-refractivity contribution in [3.8, 4) is 34.1 Å². The summed E-state index contributed by atoms with van der Waals surface area (Å²) in [6.45, 7) is 1.10. The van der Waals surface area contributed by atoms with Crippen LogP contribution < -0.4 is 19.6 Å². The number of methoxy groups -OCH3 is 2. The molecular formula is C32H28FN5O6. The fourth-order valence-corrected chi connectivity index (χ4v) is 5.04. The minimum Gasteiger partial charge on any atom is -0.493 e. The van der Waals surface area contributed by atoms with E-state index in [2.05, 4.69) is 20.1 Å². The van der Waals surface area contributed by atoms with Gasteiger partial charge in [-0.1, -0.05) is 12.1 Å². The molecular weight excluding hydrogens is 569 g/mol. The highest BCUT2D eigenvalue weighted by atomic mass is 19.1. The maximum Gasteiger partial charge on any atom is 0.219 e. The van der Waals surface area contributed by atoms with E-state index in [4.69, 9.17) is 18.9 Å². The van der Waals surface area contributed by atoms with Crippen LogP contribution in [0.4, 0.5) is 4.39 Å². The molecule has 6 rings (SSSR count). The summed E-state index contributed by atoms with van der Waals surface area (Å²) in [6, 6.07) is 10.7. The zero-order valence-corrected chi connectivity index (χ0v) is 24.0. The van der Waals surface area contributed by atoms with Gasteiger partial charge in [-0.2, -0.15) is 5.10 Å². The van der Waals surface area contributed by atoms with Crippen molar-refractivity contribution in [3.63, 3.8) is 0 Å². The average Bonchev–Trinajstić information content (AvgIpc) is 3.06. The SMILES string of the molecule is COc1cc2nccc(Oc3cnc(CC(=O)c4nn(C5CCOCC5)cc(-c5ccc(F)cc5)c4=O)nc3)c2cc1OC. The number of carbonyl (C=O) groups excluding carboxylic acids is 1. The van der Waals surface area contributed by atoms with Crippen molar-refractivity contribution in [1.29, 1.82) is 0 Å². The Morgan fingerprint density at radius 1 is 0.977 bits per heavy atom. The normalized spacial score (nSPS) is 13.5. The van der Waals surface area contributed by atoms with E-state index < -0.39 is 17.0 Å². The van der Waals surface area contributed by atoms with Gasteiger partial charge in [0.15, 0.2) is 28.7 Å². The van der Waals surface area contributed by atoms with Crippen LogP contribution in [0.2, 0.25) is 0 Å². The molecule has 4 heterocycles. The third kappa shape index (κ3) is 5.97. The molecule has 1 fully saturated rings. The van der Waals surface area contributed by atoms with Gasteiger partial charge >= 0.3 is 0 Å². The molecule has 0 bridgehead atoms. The summed E-state index contributed by atoms with van der Waals surface area (Å²) in [4.78, 5) is 39.9. The number of Topliss-reactive ketones (excluding diaryl/α,β-unsaturated/α-hetero) is 1. The smallest absolute Gasteiger partial charge is 0.219 e. The van der Waals surface area contributed by atoms with Crippen molar-refractivity contribution in [2.75, 3.05) is 27.4 Å². The first-order valence-corrected chi connectivity index (χ1v) is 13.9. The number of benzene rings is 2. The van der Waals surface area contributed by atoms with Crippen molar-refractivity contribution >= 4 is 16.7 Å². The second-order valence-corrected chi connectivity index (χ2v) is 10.1. The Labute approximate surface area is 251 Å². The van der Waals surface area contributed by atoms with Gasteiger partial charge in [0.1, 0.15) is 17.4 Å². The van der Waals surface area contributed by atoms with Gasteiger partial charge in [0.2, 0.25) is 5.43 Å². The van der Waals surface area contributed by atoms with Crippen LogP contribution in [0.25, 0.3) is 22.0 Å². The molecule has 0 N–H and O–H groups in total. The highest BCUT2D eigenvalue weighted by Crippen LogP contribution is 2.36. The quantitative estimate of drug-likeness (QED) is 0.215. The van der Waals surface area contributed by atoms with Crippen LogP contribution in [0.3, 0.4) is 0 Å². The number of nitrogens with zero attached hydrogens (tertiary/aromatic N) is 5. The summed E-state index contributed by atoms with van der Waals surface area (Å²) in [6.07, 6.45) is 7.25. The predicted molar refractivity (Wildman–Crippen MR) is 158 cm³/mol. The van der Waals surface area contributed by atoms with Crippen LogP contribution >= 0.6 is 0 Å². The van der Waals surface area contributed by atoms with E-state index >= 15 is 0 Å². The van der Waals surface area contributed by atoms with E-state index in [1.165, 1.54) is 36.7 Å². The Kier molecular flexibility index (Phi) is 8.24. The topological polar surface area (TPSA) is 128 Å². The molecule has 1 aliphatic heterocycles. The summed E-state index contributed by atoms with van der Waals surface area (Å²) in [7, 11) is 3.09. The van der Waals surface area contributed by atoms with Gasteiger partial charge in [-0.3, -0.25) is 19.3 Å². The number of hydrogen-bond donors (Lipinski definition) is 0. The first kappa shape index (κ1) is 28.9. The summed E-state index contributed by atoms with van der Waals surface area (Å²) in [5.74, 6) is 1.13. The second-order valence-electron chi connectivity index (χ2n) is 10.1. The second kappa shape index (κ2) is 12.6. The molecule has 44 heavy (non-hydrogen) atoms. The van der Waals surface area contributed by atoms with Gasteiger partial charge < -0.3 is 18.9 Å². The van der Waals surface area contributed by atoms with Crippen LogP contribution in [0.15, 0.2) is 72.0 Å². The number of hydrogen-bond acceptors (Lipinski definition) is 10. The van der Waals surface area contributed by atoms with Crippen molar-refractivity contribution in [2.24, 2.45) is 0 Å². The van der Waals surface area contributed by atoms with Crippen molar-refractivity contribution < 1.29 is 28.1 Å². The van der Waals surface area contributed by atoms with E-state index in [-0.39, 0.29) is 29.5 Å². The summed E-state index contributed by atoms with van der Waals surface area (Å²) >= 11 is 0. The number of aromatic nitrogens is 5. The Morgan fingerprint density at radius 2 is 1.68 bits per heavy atom. The zero-order valence-electron chi connectivity index (χ0n) is 24.0. The van der Waals surface area contributed by atoms with E-state index in [1.807, 2.05) is 0 Å². The Balaban J connectivity index is 1.26. The van der Waals surface area contributed by atoms with Gasteiger partial charge in [-0.25, -0.2) is 14.4 Å².